The highest BCUT2D eigenvalue weighted by molar-refractivity contribution is 6.30. The number of hydrogen-bond acceptors (Lipinski definition) is 1. The summed E-state index contributed by atoms with van der Waals surface area (Å²) >= 11 is 6.16. The lowest BCUT2D eigenvalue weighted by Gasteiger charge is -2.36. The van der Waals surface area contributed by atoms with Crippen molar-refractivity contribution in [2.45, 2.75) is 52.0 Å². The molecule has 0 aliphatic heterocycles. The van der Waals surface area contributed by atoms with Crippen molar-refractivity contribution in [3.63, 3.8) is 0 Å². The van der Waals surface area contributed by atoms with Crippen LogP contribution in [-0.4, -0.2) is 12.6 Å². The van der Waals surface area contributed by atoms with Gasteiger partial charge in [-0.25, -0.2) is 0 Å². The van der Waals surface area contributed by atoms with Crippen LogP contribution in [0.4, 0.5) is 0 Å². The SMILES string of the molecule is CC1CCC(CNC(C)C)C(c2cccc(Cl)c2)C1. The van der Waals surface area contributed by atoms with Gasteiger partial charge in [0.25, 0.3) is 0 Å². The Morgan fingerprint density at radius 1 is 1.32 bits per heavy atom. The highest BCUT2D eigenvalue weighted by Gasteiger charge is 2.29. The second kappa shape index (κ2) is 6.76. The van der Waals surface area contributed by atoms with Crippen LogP contribution in [0.3, 0.4) is 0 Å². The molecule has 1 nitrogen and oxygen atoms in total. The van der Waals surface area contributed by atoms with Gasteiger partial charge in [-0.15, -0.1) is 0 Å². The Morgan fingerprint density at radius 2 is 2.11 bits per heavy atom. The molecule has 0 radical (unpaired) electrons. The fraction of sp³-hybridized carbons (Fsp3) is 0.647. The smallest absolute Gasteiger partial charge is 0.0408 e. The van der Waals surface area contributed by atoms with E-state index in [2.05, 4.69) is 44.3 Å². The average Bonchev–Trinajstić information content (AvgIpc) is 2.37. The number of benzene rings is 1. The number of rotatable bonds is 4. The molecule has 0 amide bonds. The summed E-state index contributed by atoms with van der Waals surface area (Å²) in [6, 6.07) is 9.03. The molecule has 1 saturated carbocycles. The Labute approximate surface area is 122 Å². The Morgan fingerprint density at radius 3 is 2.79 bits per heavy atom. The first-order valence-corrected chi connectivity index (χ1v) is 7.93. The third-order valence-electron chi connectivity index (χ3n) is 4.32. The summed E-state index contributed by atoms with van der Waals surface area (Å²) in [5, 5.41) is 4.48. The lowest BCUT2D eigenvalue weighted by Crippen LogP contribution is -2.34. The van der Waals surface area contributed by atoms with Crippen LogP contribution in [0.1, 0.15) is 51.5 Å². The molecule has 1 aromatic rings. The fourth-order valence-electron chi connectivity index (χ4n) is 3.22. The molecule has 0 bridgehead atoms. The maximum absolute atomic E-state index is 6.16. The normalized spacial score (nSPS) is 27.7. The second-order valence-corrected chi connectivity index (χ2v) is 6.84. The number of nitrogens with one attached hydrogen (secondary N) is 1. The highest BCUT2D eigenvalue weighted by Crippen LogP contribution is 2.40. The van der Waals surface area contributed by atoms with E-state index in [9.17, 15) is 0 Å². The van der Waals surface area contributed by atoms with Gasteiger partial charge in [0.2, 0.25) is 0 Å². The Kier molecular flexibility index (Phi) is 5.29. The van der Waals surface area contributed by atoms with Crippen LogP contribution >= 0.6 is 11.6 Å². The Hall–Kier alpha value is -0.530. The molecule has 1 aliphatic carbocycles. The van der Waals surface area contributed by atoms with Crippen LogP contribution < -0.4 is 5.32 Å². The molecular weight excluding hydrogens is 254 g/mol. The standard InChI is InChI=1S/C17H26ClN/c1-12(2)19-11-15-8-7-13(3)9-17(15)14-5-4-6-16(18)10-14/h4-6,10,12-13,15,17,19H,7-9,11H2,1-3H3. The van der Waals surface area contributed by atoms with E-state index < -0.39 is 0 Å². The molecule has 3 atom stereocenters. The van der Waals surface area contributed by atoms with Gasteiger partial charge in [0, 0.05) is 11.1 Å². The van der Waals surface area contributed by atoms with Gasteiger partial charge in [-0.1, -0.05) is 50.9 Å². The molecular formula is C17H26ClN. The summed E-state index contributed by atoms with van der Waals surface area (Å²) in [7, 11) is 0. The minimum absolute atomic E-state index is 0.569. The molecule has 2 rings (SSSR count). The lowest BCUT2D eigenvalue weighted by atomic mass is 9.71. The molecule has 106 valence electrons. The zero-order chi connectivity index (χ0) is 13.8. The average molecular weight is 280 g/mol. The summed E-state index contributed by atoms with van der Waals surface area (Å²) in [6.07, 6.45) is 3.99. The molecule has 0 aromatic heterocycles. The van der Waals surface area contributed by atoms with E-state index in [1.807, 2.05) is 6.07 Å². The molecule has 0 spiro atoms. The van der Waals surface area contributed by atoms with Gasteiger partial charge in [-0.3, -0.25) is 0 Å². The summed E-state index contributed by atoms with van der Waals surface area (Å²) in [6.45, 7) is 7.95. The molecule has 1 aliphatic rings. The molecule has 19 heavy (non-hydrogen) atoms. The van der Waals surface area contributed by atoms with Gasteiger partial charge >= 0.3 is 0 Å². The van der Waals surface area contributed by atoms with E-state index in [0.717, 1.165) is 23.4 Å². The molecule has 0 saturated heterocycles. The second-order valence-electron chi connectivity index (χ2n) is 6.40. The molecule has 1 N–H and O–H groups in total. The van der Waals surface area contributed by atoms with Crippen LogP contribution in [0.2, 0.25) is 5.02 Å². The van der Waals surface area contributed by atoms with Crippen molar-refractivity contribution >= 4 is 11.6 Å². The topological polar surface area (TPSA) is 12.0 Å². The van der Waals surface area contributed by atoms with Crippen LogP contribution in [0.15, 0.2) is 24.3 Å². The zero-order valence-corrected chi connectivity index (χ0v) is 13.1. The third-order valence-corrected chi connectivity index (χ3v) is 4.56. The minimum atomic E-state index is 0.569. The van der Waals surface area contributed by atoms with E-state index in [1.165, 1.54) is 24.8 Å². The van der Waals surface area contributed by atoms with E-state index in [1.54, 1.807) is 0 Å². The van der Waals surface area contributed by atoms with Gasteiger partial charge in [0.1, 0.15) is 0 Å². The summed E-state index contributed by atoms with van der Waals surface area (Å²) in [5.74, 6) is 2.24. The molecule has 0 heterocycles. The zero-order valence-electron chi connectivity index (χ0n) is 12.3. The van der Waals surface area contributed by atoms with Crippen molar-refractivity contribution in [3.8, 4) is 0 Å². The number of halogens is 1. The van der Waals surface area contributed by atoms with Crippen molar-refractivity contribution in [2.75, 3.05) is 6.54 Å². The molecule has 1 fully saturated rings. The maximum Gasteiger partial charge on any atom is 0.0408 e. The molecule has 2 heteroatoms. The van der Waals surface area contributed by atoms with Crippen molar-refractivity contribution in [1.29, 1.82) is 0 Å². The van der Waals surface area contributed by atoms with Gasteiger partial charge in [0.15, 0.2) is 0 Å². The van der Waals surface area contributed by atoms with E-state index in [0.29, 0.717) is 12.0 Å². The van der Waals surface area contributed by atoms with E-state index >= 15 is 0 Å². The van der Waals surface area contributed by atoms with Crippen LogP contribution in [0.5, 0.6) is 0 Å². The lowest BCUT2D eigenvalue weighted by molar-refractivity contribution is 0.238. The first-order chi connectivity index (χ1) is 9.06. The Bertz CT molecular complexity index is 402. The van der Waals surface area contributed by atoms with Crippen LogP contribution in [-0.2, 0) is 0 Å². The van der Waals surface area contributed by atoms with E-state index in [4.69, 9.17) is 11.6 Å². The summed E-state index contributed by atoms with van der Waals surface area (Å²) < 4.78 is 0. The van der Waals surface area contributed by atoms with Gasteiger partial charge in [-0.2, -0.15) is 0 Å². The number of hydrogen-bond donors (Lipinski definition) is 1. The quantitative estimate of drug-likeness (QED) is 0.830. The first-order valence-electron chi connectivity index (χ1n) is 7.55. The van der Waals surface area contributed by atoms with Crippen LogP contribution in [0.25, 0.3) is 0 Å². The largest absolute Gasteiger partial charge is 0.314 e. The van der Waals surface area contributed by atoms with Crippen molar-refractivity contribution in [3.05, 3.63) is 34.9 Å². The maximum atomic E-state index is 6.16. The van der Waals surface area contributed by atoms with Gasteiger partial charge in [-0.05, 0) is 54.8 Å². The highest BCUT2D eigenvalue weighted by atomic mass is 35.5. The van der Waals surface area contributed by atoms with Gasteiger partial charge < -0.3 is 5.32 Å². The third kappa shape index (κ3) is 4.22. The van der Waals surface area contributed by atoms with E-state index in [-0.39, 0.29) is 0 Å². The predicted molar refractivity (Wildman–Crippen MR) is 83.8 cm³/mol. The van der Waals surface area contributed by atoms with Crippen LogP contribution in [0, 0.1) is 11.8 Å². The Balaban J connectivity index is 2.12. The minimum Gasteiger partial charge on any atom is -0.314 e. The fourth-order valence-corrected chi connectivity index (χ4v) is 3.42. The monoisotopic (exact) mass is 279 g/mol. The van der Waals surface area contributed by atoms with Gasteiger partial charge in [0.05, 0.1) is 0 Å². The first kappa shape index (κ1) is 14.9. The van der Waals surface area contributed by atoms with Crippen molar-refractivity contribution < 1.29 is 0 Å². The van der Waals surface area contributed by atoms with Crippen molar-refractivity contribution in [2.24, 2.45) is 11.8 Å². The predicted octanol–water partition coefficient (Wildman–Crippen LogP) is 4.86. The summed E-state index contributed by atoms with van der Waals surface area (Å²) in [4.78, 5) is 0. The van der Waals surface area contributed by atoms with Crippen molar-refractivity contribution in [1.82, 2.24) is 5.32 Å². The molecule has 3 unspecified atom stereocenters. The molecule has 1 aromatic carbocycles. The summed E-state index contributed by atoms with van der Waals surface area (Å²) in [5.41, 5.74) is 1.43.